The summed E-state index contributed by atoms with van der Waals surface area (Å²) in [5.41, 5.74) is 0.694. The first-order valence-corrected chi connectivity index (χ1v) is 7.62. The lowest BCUT2D eigenvalue weighted by molar-refractivity contribution is -0.144. The normalized spacial score (nSPS) is 22.3. The predicted molar refractivity (Wildman–Crippen MR) is 82.1 cm³/mol. The molecule has 3 atom stereocenters. The molecule has 2 heterocycles. The molecule has 0 saturated carbocycles. The van der Waals surface area contributed by atoms with E-state index in [2.05, 4.69) is 4.98 Å². The number of nitrogens with zero attached hydrogens (tertiary/aromatic N) is 2. The van der Waals surface area contributed by atoms with Crippen molar-refractivity contribution < 1.29 is 19.4 Å². The molecule has 3 rings (SSSR count). The second-order valence-corrected chi connectivity index (χ2v) is 5.79. The molecule has 1 aliphatic heterocycles. The number of β-lactam (4-membered cyclic amide) rings is 1. The summed E-state index contributed by atoms with van der Waals surface area (Å²) in [6, 6.07) is 6.62. The minimum absolute atomic E-state index is 0.173. The summed E-state index contributed by atoms with van der Waals surface area (Å²) in [7, 11) is 3.05. The zero-order chi connectivity index (χ0) is 15.7. The van der Waals surface area contributed by atoms with Crippen LogP contribution in [0.3, 0.4) is 0 Å². The van der Waals surface area contributed by atoms with Crippen LogP contribution in [-0.2, 0) is 9.53 Å². The fraction of sp³-hybridized carbons (Fsp3) is 0.333. The van der Waals surface area contributed by atoms with Crippen molar-refractivity contribution in [1.29, 1.82) is 0 Å². The monoisotopic (exact) mass is 320 g/mol. The molecule has 1 N–H and O–H groups in total. The lowest BCUT2D eigenvalue weighted by Crippen LogP contribution is -2.68. The number of hydrogen-bond acceptors (Lipinski definition) is 6. The van der Waals surface area contributed by atoms with Crippen molar-refractivity contribution in [3.63, 3.8) is 0 Å². The van der Waals surface area contributed by atoms with Crippen LogP contribution in [0.15, 0.2) is 35.8 Å². The predicted octanol–water partition coefficient (Wildman–Crippen LogP) is 1.62. The average Bonchev–Trinajstić information content (AvgIpc) is 3.07. The number of methoxy groups -OCH3 is 2. The SMILES string of the molecule is COc1ccc(N2C(=O)[C@H](OC)[C@H]2[C@@H](O)c2nccs2)cc1. The Morgan fingerprint density at radius 2 is 2.05 bits per heavy atom. The molecular weight excluding hydrogens is 304 g/mol. The maximum atomic E-state index is 12.3. The standard InChI is InChI=1S/C15H16N2O4S/c1-20-10-5-3-9(4-6-10)17-11(13(21-2)15(17)19)12(18)14-16-7-8-22-14/h3-8,11-13,18H,1-2H3/t11-,12-,13-/m1/s1. The van der Waals surface area contributed by atoms with E-state index in [1.807, 2.05) is 0 Å². The largest absolute Gasteiger partial charge is 0.497 e. The minimum atomic E-state index is -0.884. The molecule has 0 spiro atoms. The fourth-order valence-corrected chi connectivity index (χ4v) is 3.26. The van der Waals surface area contributed by atoms with Gasteiger partial charge in [0.15, 0.2) is 6.10 Å². The van der Waals surface area contributed by atoms with E-state index in [9.17, 15) is 9.90 Å². The highest BCUT2D eigenvalue weighted by atomic mass is 32.1. The molecule has 116 valence electrons. The van der Waals surface area contributed by atoms with Gasteiger partial charge in [-0.2, -0.15) is 0 Å². The Morgan fingerprint density at radius 1 is 1.32 bits per heavy atom. The van der Waals surface area contributed by atoms with Crippen molar-refractivity contribution in [3.05, 3.63) is 40.8 Å². The van der Waals surface area contributed by atoms with Gasteiger partial charge in [0, 0.05) is 24.4 Å². The lowest BCUT2D eigenvalue weighted by Gasteiger charge is -2.47. The van der Waals surface area contributed by atoms with Gasteiger partial charge in [0.1, 0.15) is 22.9 Å². The van der Waals surface area contributed by atoms with Gasteiger partial charge < -0.3 is 19.5 Å². The number of thiazole rings is 1. The molecule has 0 radical (unpaired) electrons. The second kappa shape index (κ2) is 6.04. The first-order valence-electron chi connectivity index (χ1n) is 6.74. The maximum Gasteiger partial charge on any atom is 0.258 e. The van der Waals surface area contributed by atoms with Gasteiger partial charge in [0.25, 0.3) is 5.91 Å². The van der Waals surface area contributed by atoms with Crippen LogP contribution in [0, 0.1) is 0 Å². The van der Waals surface area contributed by atoms with Crippen molar-refractivity contribution >= 4 is 22.9 Å². The number of aliphatic hydroxyl groups is 1. The third kappa shape index (κ3) is 2.37. The number of ether oxygens (including phenoxy) is 2. The van der Waals surface area contributed by atoms with E-state index in [-0.39, 0.29) is 5.91 Å². The molecule has 2 aromatic rings. The smallest absolute Gasteiger partial charge is 0.258 e. The molecule has 6 nitrogen and oxygen atoms in total. The van der Waals surface area contributed by atoms with Gasteiger partial charge in [-0.1, -0.05) is 0 Å². The number of anilines is 1. The molecule has 1 amide bonds. The third-order valence-corrected chi connectivity index (χ3v) is 4.57. The molecule has 0 bridgehead atoms. The van der Waals surface area contributed by atoms with Gasteiger partial charge in [0.2, 0.25) is 0 Å². The summed E-state index contributed by atoms with van der Waals surface area (Å²) in [6.45, 7) is 0. The Hall–Kier alpha value is -1.96. The summed E-state index contributed by atoms with van der Waals surface area (Å²) in [6.07, 6.45) is 0.0780. The Bertz CT molecular complexity index is 644. The van der Waals surface area contributed by atoms with E-state index in [1.165, 1.54) is 18.4 Å². The van der Waals surface area contributed by atoms with Crippen LogP contribution < -0.4 is 9.64 Å². The van der Waals surface area contributed by atoms with Crippen molar-refractivity contribution in [2.45, 2.75) is 18.2 Å². The van der Waals surface area contributed by atoms with Crippen molar-refractivity contribution in [2.75, 3.05) is 19.1 Å². The molecule has 1 aliphatic rings. The first kappa shape index (κ1) is 15.0. The Labute approximate surface area is 131 Å². The van der Waals surface area contributed by atoms with Crippen LogP contribution in [0.4, 0.5) is 5.69 Å². The van der Waals surface area contributed by atoms with E-state index < -0.39 is 18.2 Å². The summed E-state index contributed by atoms with van der Waals surface area (Å²) < 4.78 is 10.3. The van der Waals surface area contributed by atoms with Crippen LogP contribution in [-0.4, -0.2) is 42.4 Å². The van der Waals surface area contributed by atoms with Gasteiger partial charge in [-0.25, -0.2) is 4.98 Å². The fourth-order valence-electron chi connectivity index (χ4n) is 2.60. The second-order valence-electron chi connectivity index (χ2n) is 4.87. The maximum absolute atomic E-state index is 12.3. The molecule has 1 aromatic heterocycles. The van der Waals surface area contributed by atoms with Crippen LogP contribution in [0.1, 0.15) is 11.1 Å². The number of benzene rings is 1. The minimum Gasteiger partial charge on any atom is -0.497 e. The van der Waals surface area contributed by atoms with Gasteiger partial charge in [-0.05, 0) is 24.3 Å². The van der Waals surface area contributed by atoms with Gasteiger partial charge in [-0.15, -0.1) is 11.3 Å². The Balaban J connectivity index is 1.89. The van der Waals surface area contributed by atoms with Crippen molar-refractivity contribution in [2.24, 2.45) is 0 Å². The summed E-state index contributed by atoms with van der Waals surface area (Å²) in [5.74, 6) is 0.533. The highest BCUT2D eigenvalue weighted by Crippen LogP contribution is 2.38. The molecule has 0 aliphatic carbocycles. The zero-order valence-corrected chi connectivity index (χ0v) is 13.0. The zero-order valence-electron chi connectivity index (χ0n) is 12.2. The van der Waals surface area contributed by atoms with E-state index in [1.54, 1.807) is 47.9 Å². The summed E-state index contributed by atoms with van der Waals surface area (Å²) in [4.78, 5) is 17.9. The lowest BCUT2D eigenvalue weighted by atomic mass is 9.91. The van der Waals surface area contributed by atoms with Crippen molar-refractivity contribution in [1.82, 2.24) is 4.98 Å². The molecule has 1 saturated heterocycles. The summed E-state index contributed by atoms with van der Waals surface area (Å²) >= 11 is 1.35. The Morgan fingerprint density at radius 3 is 2.59 bits per heavy atom. The summed E-state index contributed by atoms with van der Waals surface area (Å²) in [5, 5.41) is 12.9. The van der Waals surface area contributed by atoms with Crippen LogP contribution in [0.2, 0.25) is 0 Å². The van der Waals surface area contributed by atoms with Crippen LogP contribution in [0.5, 0.6) is 5.75 Å². The van der Waals surface area contributed by atoms with E-state index >= 15 is 0 Å². The number of aromatic nitrogens is 1. The number of aliphatic hydroxyl groups excluding tert-OH is 1. The van der Waals surface area contributed by atoms with E-state index in [0.717, 1.165) is 0 Å². The number of carbonyl (C=O) groups excluding carboxylic acids is 1. The van der Waals surface area contributed by atoms with Crippen LogP contribution in [0.25, 0.3) is 0 Å². The average molecular weight is 320 g/mol. The van der Waals surface area contributed by atoms with Gasteiger partial charge in [0.05, 0.1) is 7.11 Å². The third-order valence-electron chi connectivity index (χ3n) is 3.72. The number of rotatable bonds is 5. The first-order chi connectivity index (χ1) is 10.7. The molecule has 0 unspecified atom stereocenters. The molecular formula is C15H16N2O4S. The van der Waals surface area contributed by atoms with Gasteiger partial charge >= 0.3 is 0 Å². The molecule has 1 fully saturated rings. The van der Waals surface area contributed by atoms with Crippen LogP contribution >= 0.6 is 11.3 Å². The molecule has 1 aromatic carbocycles. The van der Waals surface area contributed by atoms with E-state index in [0.29, 0.717) is 16.4 Å². The number of amides is 1. The molecule has 22 heavy (non-hydrogen) atoms. The quantitative estimate of drug-likeness (QED) is 0.848. The van der Waals surface area contributed by atoms with E-state index in [4.69, 9.17) is 9.47 Å². The van der Waals surface area contributed by atoms with Gasteiger partial charge in [-0.3, -0.25) is 4.79 Å². The highest BCUT2D eigenvalue weighted by molar-refractivity contribution is 7.09. The molecule has 7 heteroatoms. The topological polar surface area (TPSA) is 71.9 Å². The number of carbonyl (C=O) groups is 1. The number of hydrogen-bond donors (Lipinski definition) is 1. The van der Waals surface area contributed by atoms with Crippen molar-refractivity contribution in [3.8, 4) is 5.75 Å². The highest BCUT2D eigenvalue weighted by Gasteiger charge is 2.53. The Kier molecular flexibility index (Phi) is 4.10.